The maximum Gasteiger partial charge on any atom is 0.166 e. The van der Waals surface area contributed by atoms with E-state index in [4.69, 9.17) is 15.0 Å². The standard InChI is InChI=1S/C89H55N7/c1-3-27-62(28-4-1)93-77-42-18-13-35-71(77)81-84-82(72-36-14-19-43-78(72)94(84)63-29-5-2-6-30-63)86-83(85(81)93)73-37-15-20-44-79(73)95(86)64-53-54-74(80(55-64)96-75-40-16-11-33-69(75)70-34-12-17-41-76(70)96)89-91-87(60-49-45-58(46-50-60)67-38-21-25-56-23-7-9-31-65(56)67)90-88(92-89)61-51-47-59(48-52-61)68-39-22-26-57-24-8-10-32-66(57)68/h1-55H. The largest absolute Gasteiger partial charge is 0.308 e. The summed E-state index contributed by atoms with van der Waals surface area (Å²) in [6, 6.07) is 121. The highest BCUT2D eigenvalue weighted by Crippen LogP contribution is 2.51. The number of para-hydroxylation sites is 7. The van der Waals surface area contributed by atoms with Gasteiger partial charge >= 0.3 is 0 Å². The van der Waals surface area contributed by atoms with E-state index in [0.717, 1.165) is 111 Å². The van der Waals surface area contributed by atoms with Gasteiger partial charge in [0.15, 0.2) is 17.5 Å². The fourth-order valence-electron chi connectivity index (χ4n) is 15.6. The summed E-state index contributed by atoms with van der Waals surface area (Å²) in [5.74, 6) is 1.71. The zero-order valence-electron chi connectivity index (χ0n) is 51.9. The zero-order chi connectivity index (χ0) is 63.0. The van der Waals surface area contributed by atoms with Crippen LogP contribution in [0.3, 0.4) is 0 Å². The number of aromatic nitrogens is 7. The molecule has 5 heterocycles. The molecule has 0 atom stereocenters. The normalized spacial score (nSPS) is 12.0. The zero-order valence-corrected chi connectivity index (χ0v) is 51.9. The molecule has 0 bridgehead atoms. The van der Waals surface area contributed by atoms with Crippen molar-refractivity contribution in [3.8, 4) is 79.2 Å². The van der Waals surface area contributed by atoms with Crippen LogP contribution in [0.15, 0.2) is 334 Å². The fraction of sp³-hybridized carbons (Fsp3) is 0. The topological polar surface area (TPSA) is 58.4 Å². The lowest BCUT2D eigenvalue weighted by atomic mass is 9.97. The van der Waals surface area contributed by atoms with Crippen LogP contribution >= 0.6 is 0 Å². The van der Waals surface area contributed by atoms with Gasteiger partial charge in [0.2, 0.25) is 0 Å². The second-order valence-electron chi connectivity index (χ2n) is 25.0. The molecule has 20 rings (SSSR count). The minimum atomic E-state index is 0.555. The molecule has 0 saturated heterocycles. The molecule has 15 aromatic carbocycles. The van der Waals surface area contributed by atoms with Crippen LogP contribution in [0.4, 0.5) is 0 Å². The van der Waals surface area contributed by atoms with Gasteiger partial charge in [0.1, 0.15) is 0 Å². The number of rotatable bonds is 9. The number of fused-ring (bicyclic) bond motifs is 17. The maximum absolute atomic E-state index is 5.63. The van der Waals surface area contributed by atoms with Gasteiger partial charge in [-0.05, 0) is 117 Å². The third kappa shape index (κ3) is 8.11. The fourth-order valence-corrected chi connectivity index (χ4v) is 15.6. The Labute approximate surface area is 551 Å². The average Bonchev–Trinajstić information content (AvgIpc) is 1.51. The molecular weight excluding hydrogens is 1170 g/mol. The monoisotopic (exact) mass is 1220 g/mol. The predicted octanol–water partition coefficient (Wildman–Crippen LogP) is 22.9. The lowest BCUT2D eigenvalue weighted by molar-refractivity contribution is 1.06. The summed E-state index contributed by atoms with van der Waals surface area (Å²) < 4.78 is 9.99. The summed E-state index contributed by atoms with van der Waals surface area (Å²) >= 11 is 0. The van der Waals surface area contributed by atoms with Crippen LogP contribution in [-0.2, 0) is 0 Å². The number of nitrogens with zero attached hydrogens (tertiary/aromatic N) is 7. The second-order valence-corrected chi connectivity index (χ2v) is 25.0. The van der Waals surface area contributed by atoms with Gasteiger partial charge in [-0.25, -0.2) is 15.0 Å². The predicted molar refractivity (Wildman–Crippen MR) is 399 cm³/mol. The lowest BCUT2D eigenvalue weighted by Crippen LogP contribution is -2.05. The molecule has 0 spiro atoms. The smallest absolute Gasteiger partial charge is 0.166 e. The summed E-state index contributed by atoms with van der Waals surface area (Å²) in [7, 11) is 0. The minimum absolute atomic E-state index is 0.555. The van der Waals surface area contributed by atoms with Crippen LogP contribution in [-0.4, -0.2) is 33.2 Å². The Bertz CT molecular complexity index is 6270. The van der Waals surface area contributed by atoms with Crippen molar-refractivity contribution in [3.05, 3.63) is 334 Å². The van der Waals surface area contributed by atoms with Gasteiger partial charge in [0.05, 0.1) is 49.8 Å². The molecule has 0 unspecified atom stereocenters. The molecule has 0 saturated carbocycles. The van der Waals surface area contributed by atoms with E-state index >= 15 is 0 Å². The van der Waals surface area contributed by atoms with Crippen molar-refractivity contribution in [2.75, 3.05) is 0 Å². The molecule has 5 aromatic heterocycles. The molecule has 20 aromatic rings. The molecule has 7 nitrogen and oxygen atoms in total. The molecule has 0 aliphatic rings. The van der Waals surface area contributed by atoms with Crippen molar-refractivity contribution in [1.82, 2.24) is 33.2 Å². The first kappa shape index (κ1) is 53.7. The number of hydrogen-bond acceptors (Lipinski definition) is 3. The van der Waals surface area contributed by atoms with Crippen LogP contribution < -0.4 is 0 Å². The molecule has 0 aliphatic heterocycles. The first-order chi connectivity index (χ1) is 47.7. The Morgan fingerprint density at radius 1 is 0.198 bits per heavy atom. The van der Waals surface area contributed by atoms with E-state index in [0.29, 0.717) is 17.5 Å². The third-order valence-corrected chi connectivity index (χ3v) is 19.8. The maximum atomic E-state index is 5.63. The van der Waals surface area contributed by atoms with Crippen molar-refractivity contribution >= 4 is 109 Å². The minimum Gasteiger partial charge on any atom is -0.308 e. The SMILES string of the molecule is c1ccc(-n2c3ccccc3c3c2c2c4ccccc4n(-c4ccc(-c5nc(-c6ccc(-c7cccc8ccccc78)cc6)nc(-c6ccc(-c7cccc8ccccc78)cc6)n5)c(-n5c6ccccc6c6ccccc65)c4)c2c2c4ccccc4n(-c4ccccc4)c32)cc1. The molecular formula is C89H55N7. The van der Waals surface area contributed by atoms with Gasteiger partial charge in [-0.1, -0.05) is 261 Å². The van der Waals surface area contributed by atoms with Crippen molar-refractivity contribution in [2.24, 2.45) is 0 Å². The second kappa shape index (κ2) is 21.3. The van der Waals surface area contributed by atoms with E-state index in [1.54, 1.807) is 0 Å². The first-order valence-electron chi connectivity index (χ1n) is 32.8. The van der Waals surface area contributed by atoms with Gasteiger partial charge in [-0.15, -0.1) is 0 Å². The van der Waals surface area contributed by atoms with Gasteiger partial charge in [0, 0.05) is 76.8 Å². The van der Waals surface area contributed by atoms with Crippen LogP contribution in [0, 0.1) is 0 Å². The van der Waals surface area contributed by atoms with Crippen molar-refractivity contribution in [1.29, 1.82) is 0 Å². The quantitative estimate of drug-likeness (QED) is 0.145. The van der Waals surface area contributed by atoms with E-state index in [-0.39, 0.29) is 0 Å². The van der Waals surface area contributed by atoms with Crippen LogP contribution in [0.5, 0.6) is 0 Å². The highest BCUT2D eigenvalue weighted by Gasteiger charge is 2.30. The highest BCUT2D eigenvalue weighted by molar-refractivity contribution is 6.40. The molecule has 0 radical (unpaired) electrons. The summed E-state index contributed by atoms with van der Waals surface area (Å²) in [6.45, 7) is 0. The highest BCUT2D eigenvalue weighted by atomic mass is 15.1. The summed E-state index contributed by atoms with van der Waals surface area (Å²) in [5, 5.41) is 14.2. The third-order valence-electron chi connectivity index (χ3n) is 19.8. The van der Waals surface area contributed by atoms with Gasteiger partial charge < -0.3 is 18.3 Å². The number of hydrogen-bond donors (Lipinski definition) is 0. The molecule has 446 valence electrons. The Kier molecular flexibility index (Phi) is 11.9. The van der Waals surface area contributed by atoms with Crippen LogP contribution in [0.2, 0.25) is 0 Å². The Balaban J connectivity index is 0.887. The Morgan fingerprint density at radius 3 is 0.948 bits per heavy atom. The van der Waals surface area contributed by atoms with Gasteiger partial charge in [-0.3, -0.25) is 0 Å². The molecule has 0 N–H and O–H groups in total. The van der Waals surface area contributed by atoms with E-state index in [1.807, 2.05) is 0 Å². The van der Waals surface area contributed by atoms with E-state index in [2.05, 4.69) is 352 Å². The lowest BCUT2D eigenvalue weighted by Gasteiger charge is -2.18. The average molecular weight is 1220 g/mol. The van der Waals surface area contributed by atoms with Crippen LogP contribution in [0.25, 0.3) is 188 Å². The van der Waals surface area contributed by atoms with Crippen molar-refractivity contribution in [2.45, 2.75) is 0 Å². The van der Waals surface area contributed by atoms with Crippen molar-refractivity contribution in [3.63, 3.8) is 0 Å². The number of benzene rings is 15. The molecule has 0 fully saturated rings. The summed E-state index contributed by atoms with van der Waals surface area (Å²) in [6.07, 6.45) is 0. The van der Waals surface area contributed by atoms with Gasteiger partial charge in [-0.2, -0.15) is 0 Å². The first-order valence-corrected chi connectivity index (χ1v) is 32.8. The summed E-state index contributed by atoms with van der Waals surface area (Å²) in [4.78, 5) is 16.7. The van der Waals surface area contributed by atoms with E-state index in [9.17, 15) is 0 Å². The molecule has 7 heteroatoms. The van der Waals surface area contributed by atoms with Crippen molar-refractivity contribution < 1.29 is 0 Å². The van der Waals surface area contributed by atoms with E-state index < -0.39 is 0 Å². The Morgan fingerprint density at radius 2 is 0.521 bits per heavy atom. The molecule has 96 heavy (non-hydrogen) atoms. The van der Waals surface area contributed by atoms with Gasteiger partial charge in [0.25, 0.3) is 0 Å². The van der Waals surface area contributed by atoms with Crippen LogP contribution in [0.1, 0.15) is 0 Å². The summed E-state index contributed by atoms with van der Waals surface area (Å²) in [5.41, 5.74) is 20.3. The van der Waals surface area contributed by atoms with E-state index in [1.165, 1.54) is 59.6 Å². The Hall–Kier alpha value is -13.0. The molecule has 0 aliphatic carbocycles. The molecule has 0 amide bonds.